The maximum Gasteiger partial charge on any atom is 0.250 e. The van der Waals surface area contributed by atoms with Gasteiger partial charge in [0.15, 0.2) is 0 Å². The van der Waals surface area contributed by atoms with Crippen LogP contribution in [-0.2, 0) is 6.54 Å². The maximum atomic E-state index is 11.7. The fraction of sp³-hybridized carbons (Fsp3) is 0.235. The molecule has 4 nitrogen and oxygen atoms in total. The molecule has 0 fully saturated rings. The molecule has 0 amide bonds. The van der Waals surface area contributed by atoms with E-state index in [0.717, 1.165) is 16.9 Å². The van der Waals surface area contributed by atoms with E-state index in [1.54, 1.807) is 16.8 Å². The Hall–Kier alpha value is -2.51. The van der Waals surface area contributed by atoms with Gasteiger partial charge in [-0.3, -0.25) is 4.79 Å². The molecule has 0 radical (unpaired) electrons. The molecule has 0 aliphatic heterocycles. The number of hydrogen-bond donors (Lipinski definition) is 1. The highest BCUT2D eigenvalue weighted by Gasteiger charge is 1.98. The molecule has 0 bridgehead atoms. The van der Waals surface area contributed by atoms with E-state index in [1.807, 2.05) is 37.3 Å². The number of aliphatic hydroxyl groups is 1. The van der Waals surface area contributed by atoms with Crippen molar-refractivity contribution < 1.29 is 9.84 Å². The number of ether oxygens (including phenoxy) is 1. The number of aromatic nitrogens is 1. The lowest BCUT2D eigenvalue weighted by Crippen LogP contribution is -2.21. The van der Waals surface area contributed by atoms with E-state index in [1.165, 1.54) is 0 Å². The zero-order chi connectivity index (χ0) is 15.1. The molecule has 4 heteroatoms. The predicted molar refractivity (Wildman–Crippen MR) is 81.3 cm³/mol. The molecule has 0 atom stereocenters. The normalized spacial score (nSPS) is 9.81. The largest absolute Gasteiger partial charge is 0.492 e. The Balaban J connectivity index is 1.90. The third kappa shape index (κ3) is 4.51. The van der Waals surface area contributed by atoms with Gasteiger partial charge in [-0.2, -0.15) is 0 Å². The number of aryl methyl sites for hydroxylation is 1. The molecule has 2 rings (SSSR count). The van der Waals surface area contributed by atoms with Crippen molar-refractivity contribution in [2.45, 2.75) is 13.5 Å². The summed E-state index contributed by atoms with van der Waals surface area (Å²) in [5, 5.41) is 8.62. The molecule has 0 unspecified atom stereocenters. The molecule has 0 aliphatic rings. The Morgan fingerprint density at radius 2 is 2.00 bits per heavy atom. The fourth-order valence-corrected chi connectivity index (χ4v) is 1.83. The Labute approximate surface area is 123 Å². The average molecular weight is 283 g/mol. The summed E-state index contributed by atoms with van der Waals surface area (Å²) in [5.41, 5.74) is 1.76. The van der Waals surface area contributed by atoms with E-state index in [9.17, 15) is 4.79 Å². The Kier molecular flexibility index (Phi) is 5.19. The Bertz CT molecular complexity index is 705. The number of aliphatic hydroxyl groups excluding tert-OH is 1. The number of hydrogen-bond acceptors (Lipinski definition) is 3. The van der Waals surface area contributed by atoms with Crippen LogP contribution in [0.15, 0.2) is 47.4 Å². The Morgan fingerprint density at radius 3 is 2.67 bits per heavy atom. The molecule has 1 aromatic heterocycles. The van der Waals surface area contributed by atoms with Gasteiger partial charge in [0.25, 0.3) is 5.56 Å². The van der Waals surface area contributed by atoms with Crippen molar-refractivity contribution in [3.05, 3.63) is 64.1 Å². The van der Waals surface area contributed by atoms with Crippen LogP contribution in [-0.4, -0.2) is 22.9 Å². The van der Waals surface area contributed by atoms with E-state index in [0.29, 0.717) is 13.2 Å². The number of pyridine rings is 1. The van der Waals surface area contributed by atoms with Crippen LogP contribution in [0.5, 0.6) is 5.75 Å². The van der Waals surface area contributed by atoms with Crippen LogP contribution >= 0.6 is 0 Å². The molecular weight excluding hydrogens is 266 g/mol. The van der Waals surface area contributed by atoms with Crippen molar-refractivity contribution in [1.82, 2.24) is 4.57 Å². The van der Waals surface area contributed by atoms with E-state index in [2.05, 4.69) is 11.8 Å². The zero-order valence-electron chi connectivity index (χ0n) is 11.9. The second kappa shape index (κ2) is 7.32. The summed E-state index contributed by atoms with van der Waals surface area (Å²) in [4.78, 5) is 11.7. The van der Waals surface area contributed by atoms with Crippen molar-refractivity contribution in [3.63, 3.8) is 0 Å². The second-order valence-corrected chi connectivity index (χ2v) is 4.57. The Morgan fingerprint density at radius 1 is 1.24 bits per heavy atom. The minimum atomic E-state index is -0.149. The van der Waals surface area contributed by atoms with Gasteiger partial charge in [-0.05, 0) is 42.8 Å². The lowest BCUT2D eigenvalue weighted by atomic mass is 10.2. The standard InChI is InChI=1S/C17H17NO3/c1-14-8-9-18(17(20)13-14)10-12-21-16-6-4-15(5-7-16)3-2-11-19/h4-9,13,19H,10-12H2,1H3. The fourth-order valence-electron chi connectivity index (χ4n) is 1.83. The highest BCUT2D eigenvalue weighted by molar-refractivity contribution is 5.38. The van der Waals surface area contributed by atoms with E-state index in [4.69, 9.17) is 9.84 Å². The van der Waals surface area contributed by atoms with Crippen LogP contribution in [0.4, 0.5) is 0 Å². The summed E-state index contributed by atoms with van der Waals surface area (Å²) in [5.74, 6) is 6.13. The molecule has 0 saturated carbocycles. The molecule has 0 aliphatic carbocycles. The molecule has 1 heterocycles. The second-order valence-electron chi connectivity index (χ2n) is 4.57. The van der Waals surface area contributed by atoms with Crippen molar-refractivity contribution >= 4 is 0 Å². The maximum absolute atomic E-state index is 11.7. The summed E-state index contributed by atoms with van der Waals surface area (Å²) >= 11 is 0. The van der Waals surface area contributed by atoms with Gasteiger partial charge in [0.2, 0.25) is 0 Å². The van der Waals surface area contributed by atoms with Crippen molar-refractivity contribution in [3.8, 4) is 17.6 Å². The minimum Gasteiger partial charge on any atom is -0.492 e. The highest BCUT2D eigenvalue weighted by Crippen LogP contribution is 2.11. The molecule has 0 spiro atoms. The molecule has 1 N–H and O–H groups in total. The highest BCUT2D eigenvalue weighted by atomic mass is 16.5. The number of benzene rings is 1. The van der Waals surface area contributed by atoms with Gasteiger partial charge in [-0.15, -0.1) is 0 Å². The number of nitrogens with zero attached hydrogens (tertiary/aromatic N) is 1. The first-order valence-corrected chi connectivity index (χ1v) is 6.69. The summed E-state index contributed by atoms with van der Waals surface area (Å²) in [6.45, 7) is 2.67. The molecular formula is C17H17NO3. The lowest BCUT2D eigenvalue weighted by Gasteiger charge is -2.08. The predicted octanol–water partition coefficient (Wildman–Crippen LogP) is 1.58. The van der Waals surface area contributed by atoms with E-state index < -0.39 is 0 Å². The van der Waals surface area contributed by atoms with Gasteiger partial charge in [-0.1, -0.05) is 11.8 Å². The van der Waals surface area contributed by atoms with Gasteiger partial charge >= 0.3 is 0 Å². The first-order valence-electron chi connectivity index (χ1n) is 6.69. The van der Waals surface area contributed by atoms with Gasteiger partial charge in [0.1, 0.15) is 19.0 Å². The molecule has 2 aromatic rings. The first kappa shape index (κ1) is 14.9. The smallest absolute Gasteiger partial charge is 0.250 e. The zero-order valence-corrected chi connectivity index (χ0v) is 11.9. The molecule has 108 valence electrons. The van der Waals surface area contributed by atoms with Crippen LogP contribution < -0.4 is 10.3 Å². The van der Waals surface area contributed by atoms with Crippen LogP contribution in [0.2, 0.25) is 0 Å². The van der Waals surface area contributed by atoms with Crippen molar-refractivity contribution in [2.75, 3.05) is 13.2 Å². The molecule has 0 saturated heterocycles. The topological polar surface area (TPSA) is 51.5 Å². The van der Waals surface area contributed by atoms with Gasteiger partial charge in [0.05, 0.1) is 6.54 Å². The van der Waals surface area contributed by atoms with E-state index >= 15 is 0 Å². The van der Waals surface area contributed by atoms with Crippen LogP contribution in [0.25, 0.3) is 0 Å². The lowest BCUT2D eigenvalue weighted by molar-refractivity contribution is 0.296. The molecule has 21 heavy (non-hydrogen) atoms. The molecule has 1 aromatic carbocycles. The minimum absolute atomic E-state index is 0.0202. The van der Waals surface area contributed by atoms with Gasteiger partial charge < -0.3 is 14.4 Å². The van der Waals surface area contributed by atoms with Crippen molar-refractivity contribution in [1.29, 1.82) is 0 Å². The van der Waals surface area contributed by atoms with Gasteiger partial charge in [-0.25, -0.2) is 0 Å². The first-order chi connectivity index (χ1) is 10.2. The van der Waals surface area contributed by atoms with Crippen LogP contribution in [0.3, 0.4) is 0 Å². The third-order valence-electron chi connectivity index (χ3n) is 2.92. The summed E-state index contributed by atoms with van der Waals surface area (Å²) < 4.78 is 7.22. The van der Waals surface area contributed by atoms with Crippen LogP contribution in [0, 0.1) is 18.8 Å². The number of rotatable bonds is 4. The van der Waals surface area contributed by atoms with Crippen molar-refractivity contribution in [2.24, 2.45) is 0 Å². The van der Waals surface area contributed by atoms with Crippen LogP contribution in [0.1, 0.15) is 11.1 Å². The van der Waals surface area contributed by atoms with E-state index in [-0.39, 0.29) is 12.2 Å². The average Bonchev–Trinajstić information content (AvgIpc) is 2.48. The SMILES string of the molecule is Cc1ccn(CCOc2ccc(C#CCO)cc2)c(=O)c1. The monoisotopic (exact) mass is 283 g/mol. The quantitative estimate of drug-likeness (QED) is 0.867. The summed E-state index contributed by atoms with van der Waals surface area (Å²) in [6.07, 6.45) is 1.77. The summed E-state index contributed by atoms with van der Waals surface area (Å²) in [6, 6.07) is 10.8. The van der Waals surface area contributed by atoms with Gasteiger partial charge in [0, 0.05) is 17.8 Å². The third-order valence-corrected chi connectivity index (χ3v) is 2.92. The summed E-state index contributed by atoms with van der Waals surface area (Å²) in [7, 11) is 0.